The van der Waals surface area contributed by atoms with E-state index >= 15 is 0 Å². The van der Waals surface area contributed by atoms with Gasteiger partial charge in [-0.2, -0.15) is 0 Å². The lowest BCUT2D eigenvalue weighted by Gasteiger charge is -2.26. The summed E-state index contributed by atoms with van der Waals surface area (Å²) in [4.78, 5) is 6.92. The lowest BCUT2D eigenvalue weighted by molar-refractivity contribution is 0.237. The Balaban J connectivity index is 1.83. The molecule has 126 valence electrons. The molecular weight excluding hydrogens is 298 g/mol. The van der Waals surface area contributed by atoms with Crippen molar-refractivity contribution in [3.8, 4) is 0 Å². The highest BCUT2D eigenvalue weighted by molar-refractivity contribution is 5.76. The van der Waals surface area contributed by atoms with E-state index in [9.17, 15) is 5.11 Å². The molecule has 0 amide bonds. The van der Waals surface area contributed by atoms with Gasteiger partial charge in [-0.25, -0.2) is 4.98 Å². The van der Waals surface area contributed by atoms with E-state index in [1.54, 1.807) is 0 Å². The summed E-state index contributed by atoms with van der Waals surface area (Å²) in [5, 5.41) is 9.74. The monoisotopic (exact) mass is 323 g/mol. The fourth-order valence-electron chi connectivity index (χ4n) is 3.33. The van der Waals surface area contributed by atoms with Crippen molar-refractivity contribution in [3.63, 3.8) is 0 Å². The summed E-state index contributed by atoms with van der Waals surface area (Å²) in [6, 6.07) is 18.9. The number of hydrogen-bond donors (Lipinski definition) is 1. The van der Waals surface area contributed by atoms with E-state index in [0.717, 1.165) is 36.4 Å². The van der Waals surface area contributed by atoms with Gasteiger partial charge in [-0.1, -0.05) is 49.4 Å². The van der Waals surface area contributed by atoms with Crippen molar-refractivity contribution in [3.05, 3.63) is 66.0 Å². The molecule has 0 saturated carbocycles. The second-order valence-electron chi connectivity index (χ2n) is 6.29. The van der Waals surface area contributed by atoms with Crippen LogP contribution in [0.3, 0.4) is 0 Å². The summed E-state index contributed by atoms with van der Waals surface area (Å²) in [5.74, 6) is 0.746. The molecule has 1 atom stereocenters. The molecule has 3 aromatic rings. The van der Waals surface area contributed by atoms with Crippen LogP contribution in [0, 0.1) is 0 Å². The van der Waals surface area contributed by atoms with Crippen LogP contribution in [0.15, 0.2) is 54.6 Å². The Morgan fingerprint density at radius 1 is 1.08 bits per heavy atom. The number of para-hydroxylation sites is 2. The summed E-state index contributed by atoms with van der Waals surface area (Å²) < 4.78 is 2.21. The highest BCUT2D eigenvalue weighted by Gasteiger charge is 2.19. The van der Waals surface area contributed by atoms with Gasteiger partial charge < -0.3 is 14.6 Å². The first-order chi connectivity index (χ1) is 11.7. The zero-order valence-electron chi connectivity index (χ0n) is 14.4. The number of fused-ring (bicyclic) bond motifs is 1. The molecule has 3 rings (SSSR count). The number of hydrogen-bond acceptors (Lipinski definition) is 3. The first-order valence-electron chi connectivity index (χ1n) is 8.52. The molecule has 1 aromatic heterocycles. The first-order valence-corrected chi connectivity index (χ1v) is 8.52. The third kappa shape index (κ3) is 3.50. The van der Waals surface area contributed by atoms with Gasteiger partial charge in [0.05, 0.1) is 11.0 Å². The van der Waals surface area contributed by atoms with E-state index < -0.39 is 0 Å². The average molecular weight is 323 g/mol. The molecule has 0 bridgehead atoms. The summed E-state index contributed by atoms with van der Waals surface area (Å²) in [5.41, 5.74) is 3.36. The van der Waals surface area contributed by atoms with E-state index in [1.807, 2.05) is 24.3 Å². The Morgan fingerprint density at radius 2 is 1.79 bits per heavy atom. The van der Waals surface area contributed by atoms with Crippen LogP contribution in [0.5, 0.6) is 0 Å². The predicted octanol–water partition coefficient (Wildman–Crippen LogP) is 3.61. The average Bonchev–Trinajstić information content (AvgIpc) is 2.99. The second kappa shape index (κ2) is 7.60. The molecule has 1 N–H and O–H groups in total. The smallest absolute Gasteiger partial charge is 0.136 e. The van der Waals surface area contributed by atoms with Crippen LogP contribution in [0.25, 0.3) is 11.0 Å². The molecule has 4 nitrogen and oxygen atoms in total. The maximum atomic E-state index is 9.74. The van der Waals surface area contributed by atoms with Crippen molar-refractivity contribution in [2.24, 2.45) is 0 Å². The fraction of sp³-hybridized carbons (Fsp3) is 0.350. The lowest BCUT2D eigenvalue weighted by atomic mass is 10.1. The van der Waals surface area contributed by atoms with Crippen LogP contribution >= 0.6 is 0 Å². The molecule has 0 saturated heterocycles. The zero-order valence-corrected chi connectivity index (χ0v) is 14.4. The standard InChI is InChI=1S/C20H25N3O/c1-3-17(14-22(2)13-16-9-5-4-6-10-16)23-19-12-8-7-11-18(19)21-20(23)15-24/h4-12,17,24H,3,13-15H2,1-2H3/t17-/m1/s1. The first kappa shape index (κ1) is 16.7. The molecule has 0 spiro atoms. The summed E-state index contributed by atoms with van der Waals surface area (Å²) in [6.45, 7) is 3.99. The van der Waals surface area contributed by atoms with Gasteiger partial charge in [-0.15, -0.1) is 0 Å². The summed E-state index contributed by atoms with van der Waals surface area (Å²) in [7, 11) is 2.15. The molecule has 0 aliphatic rings. The predicted molar refractivity (Wildman–Crippen MR) is 97.8 cm³/mol. The van der Waals surface area contributed by atoms with Crippen LogP contribution in [0.1, 0.15) is 30.8 Å². The molecule has 4 heteroatoms. The van der Waals surface area contributed by atoms with Gasteiger partial charge in [-0.05, 0) is 31.2 Å². The Bertz CT molecular complexity index is 782. The molecule has 0 radical (unpaired) electrons. The minimum absolute atomic E-state index is 0.0341. The van der Waals surface area contributed by atoms with Crippen molar-refractivity contribution < 1.29 is 5.11 Å². The molecule has 0 aliphatic heterocycles. The third-order valence-corrected chi connectivity index (χ3v) is 4.46. The summed E-state index contributed by atoms with van der Waals surface area (Å²) in [6.07, 6.45) is 0.993. The maximum absolute atomic E-state index is 9.74. The Morgan fingerprint density at radius 3 is 2.50 bits per heavy atom. The van der Waals surface area contributed by atoms with Crippen LogP contribution in [-0.2, 0) is 13.2 Å². The Labute approximate surface area is 143 Å². The number of nitrogens with zero attached hydrogens (tertiary/aromatic N) is 3. The fourth-order valence-corrected chi connectivity index (χ4v) is 3.33. The normalized spacial score (nSPS) is 12.8. The highest BCUT2D eigenvalue weighted by atomic mass is 16.3. The number of rotatable bonds is 7. The van der Waals surface area contributed by atoms with Crippen molar-refractivity contribution in [2.75, 3.05) is 13.6 Å². The third-order valence-electron chi connectivity index (χ3n) is 4.46. The maximum Gasteiger partial charge on any atom is 0.136 e. The van der Waals surface area contributed by atoms with Gasteiger partial charge in [0.15, 0.2) is 0 Å². The minimum Gasteiger partial charge on any atom is -0.388 e. The number of aromatic nitrogens is 2. The van der Waals surface area contributed by atoms with Crippen molar-refractivity contribution in [1.29, 1.82) is 0 Å². The van der Waals surface area contributed by atoms with Crippen molar-refractivity contribution in [2.45, 2.75) is 32.5 Å². The molecule has 0 aliphatic carbocycles. The molecule has 0 fully saturated rings. The van der Waals surface area contributed by atoms with E-state index in [4.69, 9.17) is 0 Å². The molecule has 24 heavy (non-hydrogen) atoms. The number of aliphatic hydroxyl groups is 1. The Hall–Kier alpha value is -2.17. The van der Waals surface area contributed by atoms with Gasteiger partial charge in [0.25, 0.3) is 0 Å². The van der Waals surface area contributed by atoms with Crippen LogP contribution in [-0.4, -0.2) is 33.1 Å². The van der Waals surface area contributed by atoms with Crippen LogP contribution in [0.2, 0.25) is 0 Å². The van der Waals surface area contributed by atoms with Gasteiger partial charge in [0, 0.05) is 19.1 Å². The van der Waals surface area contributed by atoms with Gasteiger partial charge in [0.2, 0.25) is 0 Å². The van der Waals surface area contributed by atoms with Crippen LogP contribution < -0.4 is 0 Å². The van der Waals surface area contributed by atoms with E-state index in [0.29, 0.717) is 0 Å². The second-order valence-corrected chi connectivity index (χ2v) is 6.29. The van der Waals surface area contributed by atoms with Gasteiger partial charge in [0.1, 0.15) is 12.4 Å². The largest absolute Gasteiger partial charge is 0.388 e. The van der Waals surface area contributed by atoms with E-state index in [2.05, 4.69) is 58.8 Å². The number of benzene rings is 2. The van der Waals surface area contributed by atoms with Crippen molar-refractivity contribution >= 4 is 11.0 Å². The molecule has 0 unspecified atom stereocenters. The SMILES string of the molecule is CC[C@H](CN(C)Cc1ccccc1)n1c(CO)nc2ccccc21. The number of aliphatic hydroxyl groups excluding tert-OH is 1. The van der Waals surface area contributed by atoms with Gasteiger partial charge in [-0.3, -0.25) is 0 Å². The number of likely N-dealkylation sites (N-methyl/N-ethyl adjacent to an activating group) is 1. The highest BCUT2D eigenvalue weighted by Crippen LogP contribution is 2.24. The summed E-state index contributed by atoms with van der Waals surface area (Å²) >= 11 is 0. The van der Waals surface area contributed by atoms with Crippen LogP contribution in [0.4, 0.5) is 0 Å². The molecule has 1 heterocycles. The lowest BCUT2D eigenvalue weighted by Crippen LogP contribution is -2.28. The van der Waals surface area contributed by atoms with Gasteiger partial charge >= 0.3 is 0 Å². The zero-order chi connectivity index (χ0) is 16.9. The van der Waals surface area contributed by atoms with Crippen molar-refractivity contribution in [1.82, 2.24) is 14.5 Å². The Kier molecular flexibility index (Phi) is 5.28. The van der Waals surface area contributed by atoms with E-state index in [-0.39, 0.29) is 12.6 Å². The number of imidazole rings is 1. The van der Waals surface area contributed by atoms with E-state index in [1.165, 1.54) is 5.56 Å². The molecular formula is C20H25N3O. The molecule has 2 aromatic carbocycles. The minimum atomic E-state index is -0.0341. The quantitative estimate of drug-likeness (QED) is 0.722. The topological polar surface area (TPSA) is 41.3 Å².